The van der Waals surface area contributed by atoms with Gasteiger partial charge in [-0.1, -0.05) is 0 Å². The van der Waals surface area contributed by atoms with Crippen LogP contribution in [0.15, 0.2) is 0 Å². The summed E-state index contributed by atoms with van der Waals surface area (Å²) in [6.45, 7) is 0.858. The van der Waals surface area contributed by atoms with Crippen LogP contribution in [0.25, 0.3) is 0 Å². The van der Waals surface area contributed by atoms with E-state index in [1.54, 1.807) is 4.90 Å². The topological polar surface area (TPSA) is 101 Å². The van der Waals surface area contributed by atoms with E-state index < -0.39 is 7.60 Å². The number of rotatable bonds is 8. The Morgan fingerprint density at radius 1 is 1.00 bits per heavy atom. The SMILES string of the molecule is O=P(O)(O)CN(CCCO)CCCO. The van der Waals surface area contributed by atoms with Crippen LogP contribution in [0.3, 0.4) is 0 Å². The molecule has 0 amide bonds. The summed E-state index contributed by atoms with van der Waals surface area (Å²) >= 11 is 0. The van der Waals surface area contributed by atoms with Crippen molar-refractivity contribution in [3.05, 3.63) is 0 Å². The molecule has 0 aromatic rings. The highest BCUT2D eigenvalue weighted by Gasteiger charge is 2.18. The summed E-state index contributed by atoms with van der Waals surface area (Å²) in [5.41, 5.74) is 0. The minimum absolute atomic E-state index is 0.00319. The Hall–Kier alpha value is 0.0300. The predicted octanol–water partition coefficient (Wildman–Crippen LogP) is -0.812. The van der Waals surface area contributed by atoms with Crippen molar-refractivity contribution >= 4 is 7.60 Å². The molecule has 0 bridgehead atoms. The Bertz CT molecular complexity index is 175. The lowest BCUT2D eigenvalue weighted by atomic mass is 10.3. The third kappa shape index (κ3) is 8.62. The minimum Gasteiger partial charge on any atom is -0.396 e. The second kappa shape index (κ2) is 7.34. The number of aliphatic hydroxyl groups is 2. The van der Waals surface area contributed by atoms with Gasteiger partial charge in [-0.2, -0.15) is 0 Å². The first-order valence-electron chi connectivity index (χ1n) is 4.48. The first-order valence-corrected chi connectivity index (χ1v) is 6.28. The van der Waals surface area contributed by atoms with Gasteiger partial charge in [-0.3, -0.25) is 9.46 Å². The van der Waals surface area contributed by atoms with Gasteiger partial charge in [-0.05, 0) is 12.8 Å². The quantitative estimate of drug-likeness (QED) is 0.404. The first kappa shape index (κ1) is 14.0. The lowest BCUT2D eigenvalue weighted by molar-refractivity contribution is 0.208. The fourth-order valence-corrected chi connectivity index (χ4v) is 1.91. The highest BCUT2D eigenvalue weighted by atomic mass is 31.2. The average molecular weight is 227 g/mol. The van der Waals surface area contributed by atoms with Gasteiger partial charge in [0.15, 0.2) is 0 Å². The summed E-state index contributed by atoms with van der Waals surface area (Å²) in [6.07, 6.45) is 0.643. The number of hydrogen-bond donors (Lipinski definition) is 4. The van der Waals surface area contributed by atoms with Crippen LogP contribution in [0.4, 0.5) is 0 Å². The fourth-order valence-electron chi connectivity index (χ4n) is 1.10. The van der Waals surface area contributed by atoms with Gasteiger partial charge < -0.3 is 20.0 Å². The standard InChI is InChI=1S/C7H18NO5P/c9-5-1-3-8(4-2-6-10)7-14(11,12)13/h9-10H,1-7H2,(H2,11,12,13). The molecule has 0 aliphatic carbocycles. The Morgan fingerprint density at radius 3 is 1.71 bits per heavy atom. The van der Waals surface area contributed by atoms with Gasteiger partial charge in [0.05, 0.1) is 0 Å². The van der Waals surface area contributed by atoms with Crippen LogP contribution in [0.1, 0.15) is 12.8 Å². The monoisotopic (exact) mass is 227 g/mol. The second-order valence-electron chi connectivity index (χ2n) is 3.08. The average Bonchev–Trinajstić information content (AvgIpc) is 2.07. The first-order chi connectivity index (χ1) is 6.49. The van der Waals surface area contributed by atoms with Gasteiger partial charge in [-0.15, -0.1) is 0 Å². The number of hydrogen-bond acceptors (Lipinski definition) is 4. The van der Waals surface area contributed by atoms with Crippen molar-refractivity contribution in [1.29, 1.82) is 0 Å². The molecule has 0 saturated carbocycles. The van der Waals surface area contributed by atoms with Gasteiger partial charge in [0, 0.05) is 26.3 Å². The van der Waals surface area contributed by atoms with Crippen molar-refractivity contribution in [2.24, 2.45) is 0 Å². The van der Waals surface area contributed by atoms with E-state index in [9.17, 15) is 4.57 Å². The van der Waals surface area contributed by atoms with Crippen molar-refractivity contribution in [3.8, 4) is 0 Å². The number of aliphatic hydroxyl groups excluding tert-OH is 2. The Kier molecular flexibility index (Phi) is 7.35. The fraction of sp³-hybridized carbons (Fsp3) is 1.00. The molecule has 0 atom stereocenters. The minimum atomic E-state index is -4.04. The second-order valence-corrected chi connectivity index (χ2v) is 4.69. The van der Waals surface area contributed by atoms with E-state index in [0.717, 1.165) is 0 Å². The normalized spacial score (nSPS) is 12.4. The van der Waals surface area contributed by atoms with Crippen molar-refractivity contribution < 1.29 is 24.6 Å². The van der Waals surface area contributed by atoms with Crippen molar-refractivity contribution in [2.45, 2.75) is 12.8 Å². The molecule has 6 nitrogen and oxygen atoms in total. The van der Waals surface area contributed by atoms with Gasteiger partial charge >= 0.3 is 7.60 Å². The Balaban J connectivity index is 3.90. The molecule has 0 spiro atoms. The van der Waals surface area contributed by atoms with E-state index in [4.69, 9.17) is 20.0 Å². The molecule has 0 rings (SSSR count). The molecule has 0 heterocycles. The Labute approximate surface area is 83.3 Å². The Morgan fingerprint density at radius 2 is 1.43 bits per heavy atom. The third-order valence-corrected chi connectivity index (χ3v) is 2.42. The summed E-state index contributed by atoms with van der Waals surface area (Å²) < 4.78 is 10.7. The van der Waals surface area contributed by atoms with Crippen LogP contribution in [-0.4, -0.2) is 57.5 Å². The van der Waals surface area contributed by atoms with E-state index >= 15 is 0 Å². The molecule has 0 aliphatic heterocycles. The molecule has 0 aromatic heterocycles. The molecule has 86 valence electrons. The van der Waals surface area contributed by atoms with Gasteiger partial charge in [-0.25, -0.2) is 0 Å². The van der Waals surface area contributed by atoms with E-state index in [0.29, 0.717) is 25.9 Å². The van der Waals surface area contributed by atoms with Crippen LogP contribution in [0, 0.1) is 0 Å². The third-order valence-electron chi connectivity index (χ3n) is 1.65. The summed E-state index contributed by atoms with van der Waals surface area (Å²) in [7, 11) is -4.04. The van der Waals surface area contributed by atoms with Gasteiger partial charge in [0.25, 0.3) is 0 Å². The lowest BCUT2D eigenvalue weighted by Gasteiger charge is -2.21. The molecule has 14 heavy (non-hydrogen) atoms. The van der Waals surface area contributed by atoms with Crippen molar-refractivity contribution in [3.63, 3.8) is 0 Å². The van der Waals surface area contributed by atoms with E-state index in [1.165, 1.54) is 0 Å². The molecule has 4 N–H and O–H groups in total. The highest BCUT2D eigenvalue weighted by Crippen LogP contribution is 2.34. The van der Waals surface area contributed by atoms with Crippen LogP contribution in [0.5, 0.6) is 0 Å². The molecule has 0 unspecified atom stereocenters. The smallest absolute Gasteiger partial charge is 0.339 e. The summed E-state index contributed by atoms with van der Waals surface area (Å²) in [5.74, 6) is 0. The maximum atomic E-state index is 10.7. The zero-order valence-corrected chi connectivity index (χ0v) is 8.94. The zero-order valence-electron chi connectivity index (χ0n) is 8.04. The van der Waals surface area contributed by atoms with Gasteiger partial charge in [0.2, 0.25) is 0 Å². The predicted molar refractivity (Wildman–Crippen MR) is 51.9 cm³/mol. The zero-order chi connectivity index (χ0) is 11.0. The van der Waals surface area contributed by atoms with Crippen molar-refractivity contribution in [2.75, 3.05) is 32.6 Å². The van der Waals surface area contributed by atoms with Gasteiger partial charge in [0.1, 0.15) is 6.29 Å². The molecular weight excluding hydrogens is 209 g/mol. The van der Waals surface area contributed by atoms with E-state index in [2.05, 4.69) is 0 Å². The lowest BCUT2D eigenvalue weighted by Crippen LogP contribution is -2.28. The molecule has 0 saturated heterocycles. The summed E-state index contributed by atoms with van der Waals surface area (Å²) in [6, 6.07) is 0. The molecule has 0 aliphatic rings. The van der Waals surface area contributed by atoms with E-state index in [-0.39, 0.29) is 19.5 Å². The maximum absolute atomic E-state index is 10.7. The van der Waals surface area contributed by atoms with Crippen LogP contribution < -0.4 is 0 Å². The molecule has 0 aromatic carbocycles. The van der Waals surface area contributed by atoms with Crippen LogP contribution in [-0.2, 0) is 4.57 Å². The molecule has 7 heteroatoms. The molecular formula is C7H18NO5P. The maximum Gasteiger partial charge on any atom is 0.339 e. The van der Waals surface area contributed by atoms with Crippen LogP contribution >= 0.6 is 7.60 Å². The number of nitrogens with zero attached hydrogens (tertiary/aromatic N) is 1. The molecule has 0 fully saturated rings. The highest BCUT2D eigenvalue weighted by molar-refractivity contribution is 7.51. The van der Waals surface area contributed by atoms with Crippen molar-refractivity contribution in [1.82, 2.24) is 4.90 Å². The van der Waals surface area contributed by atoms with Crippen LogP contribution in [0.2, 0.25) is 0 Å². The summed E-state index contributed by atoms with van der Waals surface area (Å²) in [4.78, 5) is 19.0. The van der Waals surface area contributed by atoms with E-state index in [1.807, 2.05) is 0 Å². The summed E-state index contributed by atoms with van der Waals surface area (Å²) in [5, 5.41) is 17.1. The molecule has 0 radical (unpaired) electrons. The largest absolute Gasteiger partial charge is 0.396 e.